The van der Waals surface area contributed by atoms with Crippen LogP contribution in [-0.4, -0.2) is 0 Å². The number of rotatable bonds is 3. The van der Waals surface area contributed by atoms with Gasteiger partial charge in [0, 0.05) is 26.2 Å². The molecule has 6 heteroatoms. The van der Waals surface area contributed by atoms with Gasteiger partial charge in [-0.2, -0.15) is 0 Å². The van der Waals surface area contributed by atoms with Crippen LogP contribution in [0.4, 0.5) is 0 Å². The number of allylic oxidation sites excluding steroid dienone is 1. The molecule has 1 aliphatic rings. The van der Waals surface area contributed by atoms with Gasteiger partial charge < -0.3 is 0 Å². The van der Waals surface area contributed by atoms with Gasteiger partial charge in [0.05, 0.1) is 0 Å². The van der Waals surface area contributed by atoms with Gasteiger partial charge in [0.2, 0.25) is 0 Å². The molecule has 0 amide bonds. The second-order valence-corrected chi connectivity index (χ2v) is 16.2. The molecule has 0 spiro atoms. The average molecular weight is 602 g/mol. The molecule has 2 aromatic rings. The summed E-state index contributed by atoms with van der Waals surface area (Å²) in [5.41, 5.74) is 8.16. The molecule has 0 bridgehead atoms. The summed E-state index contributed by atoms with van der Waals surface area (Å²) in [6.45, 7) is 8.94. The molecule has 0 saturated carbocycles. The second-order valence-electron chi connectivity index (χ2n) is 7.43. The van der Waals surface area contributed by atoms with Gasteiger partial charge in [0.1, 0.15) is 0 Å². The first-order chi connectivity index (χ1) is 11.3. The zero-order valence-corrected chi connectivity index (χ0v) is 24.0. The van der Waals surface area contributed by atoms with E-state index in [-0.39, 0.29) is 56.4 Å². The smallest absolute Gasteiger partial charge is 0 e. The van der Waals surface area contributed by atoms with Gasteiger partial charge in [0.15, 0.2) is 0 Å². The summed E-state index contributed by atoms with van der Waals surface area (Å²) in [6.07, 6.45) is 3.35. The molecule has 0 fully saturated rings. The monoisotopic (exact) mass is 597 g/mol. The van der Waals surface area contributed by atoms with Crippen LogP contribution in [0.25, 0.3) is 17.2 Å². The number of hydrogen-bond acceptors (Lipinski definition) is 0. The zero-order chi connectivity index (χ0) is 17.5. The Kier molecular flexibility index (Phi) is 12.0. The molecule has 0 saturated heterocycles. The normalized spacial score (nSPS) is 14.9. The molecular formula is C21H25Cl4Zr2. The maximum Gasteiger partial charge on any atom is 0 e. The van der Waals surface area contributed by atoms with Gasteiger partial charge in [-0.3, -0.25) is 0 Å². The topological polar surface area (TPSA) is 0 Å². The summed E-state index contributed by atoms with van der Waals surface area (Å²) >= 11 is -2.39. The van der Waals surface area contributed by atoms with E-state index in [1.807, 2.05) is 0 Å². The molecule has 3 rings (SSSR count). The molecule has 0 N–H and O–H groups in total. The third kappa shape index (κ3) is 6.06. The minimum Gasteiger partial charge on any atom is -0.147 e. The molecule has 1 unspecified atom stereocenters. The molecule has 2 aromatic carbocycles. The van der Waals surface area contributed by atoms with Crippen molar-refractivity contribution in [3.05, 3.63) is 64.7 Å². The Morgan fingerprint density at radius 3 is 2.04 bits per heavy atom. The molecule has 1 atom stereocenters. The van der Waals surface area contributed by atoms with Gasteiger partial charge in [-0.1, -0.05) is 0 Å². The van der Waals surface area contributed by atoms with E-state index >= 15 is 0 Å². The van der Waals surface area contributed by atoms with Crippen LogP contribution in [0.1, 0.15) is 54.4 Å². The maximum absolute atomic E-state index is 6.48. The molecule has 27 heavy (non-hydrogen) atoms. The molecule has 0 aromatic heterocycles. The molecule has 0 heterocycles. The minimum absolute atomic E-state index is 0. The van der Waals surface area contributed by atoms with Gasteiger partial charge in [-0.25, -0.2) is 0 Å². The zero-order valence-electron chi connectivity index (χ0n) is 16.0. The Morgan fingerprint density at radius 2 is 1.56 bits per heavy atom. The Labute approximate surface area is 210 Å². The van der Waals surface area contributed by atoms with Crippen molar-refractivity contribution < 1.29 is 45.6 Å². The van der Waals surface area contributed by atoms with Crippen molar-refractivity contribution in [1.29, 1.82) is 0 Å². The number of benzene rings is 2. The Bertz CT molecular complexity index is 778. The first-order valence-electron chi connectivity index (χ1n) is 8.45. The second kappa shape index (κ2) is 11.5. The summed E-state index contributed by atoms with van der Waals surface area (Å²) < 4.78 is 0.310. The van der Waals surface area contributed by atoms with Crippen LogP contribution in [0, 0.1) is 0 Å². The van der Waals surface area contributed by atoms with E-state index in [0.717, 1.165) is 6.42 Å². The van der Waals surface area contributed by atoms with Crippen molar-refractivity contribution >= 4 is 47.9 Å². The van der Waals surface area contributed by atoms with Crippen molar-refractivity contribution in [3.8, 4) is 11.1 Å². The van der Waals surface area contributed by atoms with Crippen molar-refractivity contribution in [3.63, 3.8) is 0 Å². The molecule has 0 nitrogen and oxygen atoms in total. The third-order valence-electron chi connectivity index (χ3n) is 4.84. The summed E-state index contributed by atoms with van der Waals surface area (Å²) in [5, 5.41) is 0. The van der Waals surface area contributed by atoms with E-state index in [2.05, 4.69) is 76.2 Å². The number of hydrogen-bond donors (Lipinski definition) is 0. The first kappa shape index (κ1) is 28.1. The summed E-state index contributed by atoms with van der Waals surface area (Å²) in [5.74, 6) is 0. The minimum atomic E-state index is -2.39. The first-order valence-corrected chi connectivity index (χ1v) is 16.2. The van der Waals surface area contributed by atoms with Crippen LogP contribution in [-0.2, 0) is 51.0 Å². The van der Waals surface area contributed by atoms with Gasteiger partial charge >= 0.3 is 161 Å². The Balaban J connectivity index is 0.00000225. The number of fused-ring (bicyclic) bond motifs is 1. The van der Waals surface area contributed by atoms with Crippen LogP contribution in [0.15, 0.2) is 48.0 Å². The standard InChI is InChI=1S/C21H23.4ClH.2Zr/c1-5-15-13-17-7-6-8-19(20(17)14-15)16-9-11-18(12-10-16)21(2,3)4;;;;;;/h6-14H,5H2,1-4H3;4*1H;;/q;;;;;;+2/p-2. The largest absolute Gasteiger partial charge is 0.147 e. The van der Waals surface area contributed by atoms with Crippen molar-refractivity contribution in [2.75, 3.05) is 0 Å². The average Bonchev–Trinajstić information content (AvgIpc) is 2.92. The van der Waals surface area contributed by atoms with Crippen molar-refractivity contribution in [1.82, 2.24) is 0 Å². The van der Waals surface area contributed by atoms with E-state index in [4.69, 9.17) is 17.0 Å². The molecule has 145 valence electrons. The number of halogens is 4. The fraction of sp³-hybridized carbons (Fsp3) is 0.333. The SMILES string of the molecule is CCC1=Cc2c(-c3ccc(C(C)(C)C)cc3)cccc2[CH]1[Zr]([Cl])[Cl].Cl.Cl.[Zr]. The van der Waals surface area contributed by atoms with Crippen LogP contribution >= 0.6 is 41.8 Å². The van der Waals surface area contributed by atoms with E-state index in [9.17, 15) is 0 Å². The van der Waals surface area contributed by atoms with E-state index in [1.165, 1.54) is 33.4 Å². The van der Waals surface area contributed by atoms with E-state index < -0.39 is 19.4 Å². The van der Waals surface area contributed by atoms with Crippen LogP contribution in [0.5, 0.6) is 0 Å². The third-order valence-corrected chi connectivity index (χ3v) is 10.2. The van der Waals surface area contributed by atoms with Crippen molar-refractivity contribution in [2.24, 2.45) is 0 Å². The van der Waals surface area contributed by atoms with E-state index in [1.54, 1.807) is 0 Å². The molecule has 0 radical (unpaired) electrons. The quantitative estimate of drug-likeness (QED) is 0.332. The fourth-order valence-electron chi connectivity index (χ4n) is 3.43. The summed E-state index contributed by atoms with van der Waals surface area (Å²) in [7, 11) is 13.0. The summed E-state index contributed by atoms with van der Waals surface area (Å²) in [4.78, 5) is 0. The predicted octanol–water partition coefficient (Wildman–Crippen LogP) is 8.27. The van der Waals surface area contributed by atoms with Gasteiger partial charge in [0.25, 0.3) is 0 Å². The maximum atomic E-state index is 6.48. The van der Waals surface area contributed by atoms with Crippen LogP contribution < -0.4 is 0 Å². The predicted molar refractivity (Wildman–Crippen MR) is 118 cm³/mol. The summed E-state index contributed by atoms with van der Waals surface area (Å²) in [6, 6.07) is 15.5. The van der Waals surface area contributed by atoms with E-state index in [0.29, 0.717) is 3.63 Å². The van der Waals surface area contributed by atoms with Gasteiger partial charge in [-0.05, 0) is 0 Å². The molecular weight excluding hydrogens is 576 g/mol. The Hall–Kier alpha value is 1.11. The van der Waals surface area contributed by atoms with Crippen LogP contribution in [0.2, 0.25) is 0 Å². The molecule has 1 aliphatic carbocycles. The Morgan fingerprint density at radius 1 is 0.963 bits per heavy atom. The fourth-order valence-corrected chi connectivity index (χ4v) is 9.07. The van der Waals surface area contributed by atoms with Gasteiger partial charge in [-0.15, -0.1) is 24.8 Å². The molecule has 0 aliphatic heterocycles. The van der Waals surface area contributed by atoms with Crippen LogP contribution in [0.3, 0.4) is 0 Å². The van der Waals surface area contributed by atoms with Crippen molar-refractivity contribution in [2.45, 2.75) is 43.2 Å².